The van der Waals surface area contributed by atoms with Gasteiger partial charge in [-0.25, -0.2) is 4.39 Å². The van der Waals surface area contributed by atoms with E-state index in [9.17, 15) is 14.0 Å². The molecule has 3 heterocycles. The summed E-state index contributed by atoms with van der Waals surface area (Å²) < 4.78 is 30.9. The predicted octanol–water partition coefficient (Wildman–Crippen LogP) is 3.76. The molecule has 0 saturated carbocycles. The van der Waals surface area contributed by atoms with Crippen LogP contribution in [0.25, 0.3) is 0 Å². The van der Waals surface area contributed by atoms with Crippen molar-refractivity contribution < 1.29 is 27.9 Å². The molecule has 8 heteroatoms. The Morgan fingerprint density at radius 1 is 1.06 bits per heavy atom. The van der Waals surface area contributed by atoms with Crippen LogP contribution in [-0.4, -0.2) is 67.1 Å². The summed E-state index contributed by atoms with van der Waals surface area (Å²) in [6.07, 6.45) is 4.56. The average molecular weight is 485 g/mol. The fraction of sp³-hybridized carbons (Fsp3) is 0.556. The van der Waals surface area contributed by atoms with Gasteiger partial charge in [0.15, 0.2) is 0 Å². The zero-order valence-corrected chi connectivity index (χ0v) is 20.3. The summed E-state index contributed by atoms with van der Waals surface area (Å²) >= 11 is 0. The molecule has 1 aliphatic carbocycles. The van der Waals surface area contributed by atoms with E-state index in [4.69, 9.17) is 13.9 Å². The first kappa shape index (κ1) is 23.9. The first-order chi connectivity index (χ1) is 17.0. The van der Waals surface area contributed by atoms with Crippen molar-refractivity contribution in [1.82, 2.24) is 9.80 Å². The summed E-state index contributed by atoms with van der Waals surface area (Å²) in [5, 5.41) is 0. The van der Waals surface area contributed by atoms with Crippen LogP contribution in [0.1, 0.15) is 53.1 Å². The maximum absolute atomic E-state index is 13.7. The SMILES string of the molecule is Cc1oc2c(c1C(=O)N1CC[C@H](Oc3ccc(F)cc3)[C@@H](CC(=O)N3CCOCC3)C1)CCCC2. The molecule has 2 atom stereocenters. The molecule has 0 bridgehead atoms. The Kier molecular flexibility index (Phi) is 7.09. The van der Waals surface area contributed by atoms with Crippen LogP contribution in [0.2, 0.25) is 0 Å². The van der Waals surface area contributed by atoms with Gasteiger partial charge in [0, 0.05) is 56.9 Å². The minimum atomic E-state index is -0.323. The maximum Gasteiger partial charge on any atom is 0.257 e. The number of likely N-dealkylation sites (tertiary alicyclic amines) is 1. The van der Waals surface area contributed by atoms with E-state index in [1.165, 1.54) is 12.1 Å². The molecule has 1 aromatic carbocycles. The molecule has 3 aliphatic rings. The second kappa shape index (κ2) is 10.4. The van der Waals surface area contributed by atoms with E-state index in [2.05, 4.69) is 0 Å². The van der Waals surface area contributed by atoms with E-state index in [0.717, 1.165) is 37.0 Å². The summed E-state index contributed by atoms with van der Waals surface area (Å²) in [6, 6.07) is 5.95. The van der Waals surface area contributed by atoms with Gasteiger partial charge in [-0.05, 0) is 50.5 Å². The average Bonchev–Trinajstić information content (AvgIpc) is 3.22. The van der Waals surface area contributed by atoms with Gasteiger partial charge >= 0.3 is 0 Å². The molecule has 0 N–H and O–H groups in total. The summed E-state index contributed by atoms with van der Waals surface area (Å²) in [5.41, 5.74) is 1.76. The minimum absolute atomic E-state index is 0.0153. The molecule has 7 nitrogen and oxygen atoms in total. The topological polar surface area (TPSA) is 72.2 Å². The maximum atomic E-state index is 13.7. The van der Waals surface area contributed by atoms with Crippen LogP contribution < -0.4 is 4.74 Å². The number of piperidine rings is 1. The number of ether oxygens (including phenoxy) is 2. The van der Waals surface area contributed by atoms with Gasteiger partial charge in [-0.3, -0.25) is 9.59 Å². The van der Waals surface area contributed by atoms with Crippen LogP contribution in [0.3, 0.4) is 0 Å². The molecule has 2 aromatic rings. The Morgan fingerprint density at radius 2 is 1.80 bits per heavy atom. The number of hydrogen-bond donors (Lipinski definition) is 0. The molecule has 2 fully saturated rings. The van der Waals surface area contributed by atoms with Crippen molar-refractivity contribution in [2.24, 2.45) is 5.92 Å². The number of aryl methyl sites for hydroxylation is 2. The number of amides is 2. The third-order valence-corrected chi connectivity index (χ3v) is 7.41. The molecule has 2 aliphatic heterocycles. The number of carbonyl (C=O) groups is 2. The number of halogens is 1. The number of hydrogen-bond acceptors (Lipinski definition) is 5. The monoisotopic (exact) mass is 484 g/mol. The highest BCUT2D eigenvalue weighted by Gasteiger charge is 2.37. The van der Waals surface area contributed by atoms with Gasteiger partial charge in [-0.15, -0.1) is 0 Å². The minimum Gasteiger partial charge on any atom is -0.490 e. The number of nitrogens with zero attached hydrogens (tertiary/aromatic N) is 2. The Balaban J connectivity index is 1.34. The Hall–Kier alpha value is -2.87. The van der Waals surface area contributed by atoms with Gasteiger partial charge in [-0.1, -0.05) is 0 Å². The molecule has 2 amide bonds. The highest BCUT2D eigenvalue weighted by Crippen LogP contribution is 2.33. The van der Waals surface area contributed by atoms with E-state index in [1.807, 2.05) is 16.7 Å². The molecular weight excluding hydrogens is 451 g/mol. The van der Waals surface area contributed by atoms with Crippen LogP contribution in [0, 0.1) is 18.7 Å². The van der Waals surface area contributed by atoms with Gasteiger partial charge in [0.25, 0.3) is 5.91 Å². The van der Waals surface area contributed by atoms with Gasteiger partial charge in [0.1, 0.15) is 29.2 Å². The lowest BCUT2D eigenvalue weighted by molar-refractivity contribution is -0.137. The molecule has 5 rings (SSSR count). The zero-order chi connectivity index (χ0) is 24.4. The second-order valence-corrected chi connectivity index (χ2v) is 9.75. The summed E-state index contributed by atoms with van der Waals surface area (Å²) in [5.74, 6) is 1.75. The smallest absolute Gasteiger partial charge is 0.257 e. The van der Waals surface area contributed by atoms with Gasteiger partial charge in [0.2, 0.25) is 5.91 Å². The third kappa shape index (κ3) is 5.22. The van der Waals surface area contributed by atoms with E-state index in [-0.39, 0.29) is 36.1 Å². The number of fused-ring (bicyclic) bond motifs is 1. The van der Waals surface area contributed by atoms with Crippen LogP contribution in [0.15, 0.2) is 28.7 Å². The Labute approximate surface area is 205 Å². The highest BCUT2D eigenvalue weighted by molar-refractivity contribution is 5.97. The fourth-order valence-electron chi connectivity index (χ4n) is 5.54. The summed E-state index contributed by atoms with van der Waals surface area (Å²) in [7, 11) is 0. The molecule has 0 spiro atoms. The number of furan rings is 1. The van der Waals surface area contributed by atoms with Crippen molar-refractivity contribution in [1.29, 1.82) is 0 Å². The van der Waals surface area contributed by atoms with Crippen molar-refractivity contribution in [3.05, 3.63) is 52.7 Å². The van der Waals surface area contributed by atoms with E-state index in [0.29, 0.717) is 62.9 Å². The van der Waals surface area contributed by atoms with E-state index < -0.39 is 0 Å². The van der Waals surface area contributed by atoms with Crippen molar-refractivity contribution >= 4 is 11.8 Å². The number of benzene rings is 1. The lowest BCUT2D eigenvalue weighted by Crippen LogP contribution is -2.50. The predicted molar refractivity (Wildman–Crippen MR) is 127 cm³/mol. The summed E-state index contributed by atoms with van der Waals surface area (Å²) in [4.78, 5) is 30.5. The third-order valence-electron chi connectivity index (χ3n) is 7.41. The first-order valence-electron chi connectivity index (χ1n) is 12.7. The largest absolute Gasteiger partial charge is 0.490 e. The van der Waals surface area contributed by atoms with Gasteiger partial charge in [-0.2, -0.15) is 0 Å². The van der Waals surface area contributed by atoms with Crippen LogP contribution in [0.5, 0.6) is 5.75 Å². The molecular formula is C27H33FN2O5. The van der Waals surface area contributed by atoms with E-state index in [1.54, 1.807) is 12.1 Å². The first-order valence-corrected chi connectivity index (χ1v) is 12.7. The highest BCUT2D eigenvalue weighted by atomic mass is 19.1. The van der Waals surface area contributed by atoms with Crippen LogP contribution >= 0.6 is 0 Å². The quantitative estimate of drug-likeness (QED) is 0.646. The number of rotatable bonds is 5. The van der Waals surface area contributed by atoms with Crippen molar-refractivity contribution in [2.75, 3.05) is 39.4 Å². The number of morpholine rings is 1. The zero-order valence-electron chi connectivity index (χ0n) is 20.3. The van der Waals surface area contributed by atoms with Gasteiger partial charge in [0.05, 0.1) is 18.8 Å². The van der Waals surface area contributed by atoms with Crippen molar-refractivity contribution in [3.63, 3.8) is 0 Å². The van der Waals surface area contributed by atoms with E-state index >= 15 is 0 Å². The normalized spacial score (nSPS) is 22.6. The molecule has 0 radical (unpaired) electrons. The Bertz CT molecular complexity index is 1060. The molecule has 2 saturated heterocycles. The van der Waals surface area contributed by atoms with Gasteiger partial charge < -0.3 is 23.7 Å². The van der Waals surface area contributed by atoms with Crippen LogP contribution in [0.4, 0.5) is 4.39 Å². The number of carbonyl (C=O) groups excluding carboxylic acids is 2. The fourth-order valence-corrected chi connectivity index (χ4v) is 5.54. The Morgan fingerprint density at radius 3 is 2.57 bits per heavy atom. The lowest BCUT2D eigenvalue weighted by Gasteiger charge is -2.39. The standard InChI is InChI=1S/C27H33FN2O5/c1-18-26(22-4-2-3-5-24(22)34-18)27(32)30-11-10-23(35-21-8-6-20(28)7-9-21)19(17-30)16-25(31)29-12-14-33-15-13-29/h6-9,19,23H,2-5,10-17H2,1H3/t19-,23-/m0/s1. The molecule has 35 heavy (non-hydrogen) atoms. The summed E-state index contributed by atoms with van der Waals surface area (Å²) in [6.45, 7) is 5.08. The lowest BCUT2D eigenvalue weighted by atomic mass is 9.89. The molecule has 1 aromatic heterocycles. The molecule has 0 unspecified atom stereocenters. The second-order valence-electron chi connectivity index (χ2n) is 9.75. The van der Waals surface area contributed by atoms with Crippen LogP contribution in [-0.2, 0) is 22.4 Å². The van der Waals surface area contributed by atoms with Crippen molar-refractivity contribution in [3.8, 4) is 5.75 Å². The van der Waals surface area contributed by atoms with Crippen molar-refractivity contribution in [2.45, 2.75) is 51.6 Å². The molecule has 188 valence electrons.